The Kier molecular flexibility index (Phi) is 11.3. The largest absolute Gasteiger partial charge is 0.344 e. The van der Waals surface area contributed by atoms with Gasteiger partial charge in [-0.3, -0.25) is 9.98 Å². The van der Waals surface area contributed by atoms with Crippen LogP contribution in [0.25, 0.3) is 0 Å². The molecule has 2 N–H and O–H groups in total. The number of amidine groups is 1. The lowest BCUT2D eigenvalue weighted by Gasteiger charge is -2.34. The van der Waals surface area contributed by atoms with Crippen molar-refractivity contribution in [2.24, 2.45) is 9.98 Å². The molecule has 0 amide bonds. The highest BCUT2D eigenvalue weighted by molar-refractivity contribution is 5.95. The Balaban J connectivity index is 1.94. The molecule has 0 aliphatic heterocycles. The Labute approximate surface area is 214 Å². The molecule has 0 aliphatic rings. The maximum Gasteiger partial charge on any atom is 0.198 e. The molecule has 0 fully saturated rings. The zero-order valence-corrected chi connectivity index (χ0v) is 23.5. The summed E-state index contributed by atoms with van der Waals surface area (Å²) in [6, 6.07) is 13.5. The molecule has 0 aliphatic carbocycles. The van der Waals surface area contributed by atoms with Gasteiger partial charge in [0.05, 0.1) is 5.84 Å². The number of para-hydroxylation sites is 2. The van der Waals surface area contributed by atoms with E-state index < -0.39 is 0 Å². The molecule has 0 radical (unpaired) electrons. The summed E-state index contributed by atoms with van der Waals surface area (Å²) in [6.07, 6.45) is 3.24. The van der Waals surface area contributed by atoms with E-state index in [1.54, 1.807) is 0 Å². The molecule has 0 aromatic heterocycles. The van der Waals surface area contributed by atoms with Crippen molar-refractivity contribution in [3.63, 3.8) is 0 Å². The van der Waals surface area contributed by atoms with Crippen LogP contribution >= 0.6 is 0 Å². The van der Waals surface area contributed by atoms with Gasteiger partial charge in [0.1, 0.15) is 0 Å². The minimum absolute atomic E-state index is 0.368. The fourth-order valence-corrected chi connectivity index (χ4v) is 4.46. The molecular weight excluding hydrogens is 430 g/mol. The molecule has 0 bridgehead atoms. The Morgan fingerprint density at radius 2 is 1.11 bits per heavy atom. The number of guanidine groups is 1. The first-order valence-corrected chi connectivity index (χ1v) is 13.1. The lowest BCUT2D eigenvalue weighted by atomic mass is 10.1. The van der Waals surface area contributed by atoms with Gasteiger partial charge in [0.15, 0.2) is 5.96 Å². The van der Waals surface area contributed by atoms with Crippen molar-refractivity contribution in [3.05, 3.63) is 58.7 Å². The lowest BCUT2D eigenvalue weighted by molar-refractivity contribution is 0.290. The average molecular weight is 478 g/mol. The van der Waals surface area contributed by atoms with Crippen molar-refractivity contribution in [1.29, 1.82) is 0 Å². The standard InChI is InChI=1S/C30H47N5/c1-21(2)35(22(3)4)30(34-29-25(7)17-14-18-26(29)8)32-20-12-10-11-19-31-27(9)33-28-23(5)15-13-16-24(28)6/h13-18,21-22H,10-12,19-20H2,1-9H3,(H,31,33)(H,32,34). The van der Waals surface area contributed by atoms with Gasteiger partial charge in [0.25, 0.3) is 0 Å². The summed E-state index contributed by atoms with van der Waals surface area (Å²) in [5.41, 5.74) is 7.32. The van der Waals surface area contributed by atoms with E-state index in [2.05, 4.69) is 107 Å². The van der Waals surface area contributed by atoms with E-state index in [4.69, 9.17) is 9.98 Å². The van der Waals surface area contributed by atoms with Crippen LogP contribution in [0.1, 0.15) is 76.1 Å². The number of benzene rings is 2. The van der Waals surface area contributed by atoms with Gasteiger partial charge in [-0.05, 0) is 104 Å². The molecule has 192 valence electrons. The van der Waals surface area contributed by atoms with Crippen molar-refractivity contribution in [3.8, 4) is 0 Å². The number of hydrogen-bond donors (Lipinski definition) is 2. The molecule has 5 nitrogen and oxygen atoms in total. The average Bonchev–Trinajstić information content (AvgIpc) is 2.77. The van der Waals surface area contributed by atoms with Crippen LogP contribution in [0, 0.1) is 27.7 Å². The van der Waals surface area contributed by atoms with E-state index in [0.717, 1.165) is 44.1 Å². The predicted molar refractivity (Wildman–Crippen MR) is 155 cm³/mol. The first-order valence-electron chi connectivity index (χ1n) is 13.1. The Morgan fingerprint density at radius 3 is 1.57 bits per heavy atom. The minimum atomic E-state index is 0.368. The SMILES string of the molecule is CC(=NCCCCCN=C(Nc1c(C)cccc1C)N(C(C)C)C(C)C)Nc1c(C)cccc1C. The van der Waals surface area contributed by atoms with Crippen molar-refractivity contribution >= 4 is 23.2 Å². The fourth-order valence-electron chi connectivity index (χ4n) is 4.46. The number of hydrogen-bond acceptors (Lipinski definition) is 2. The fraction of sp³-hybridized carbons (Fsp3) is 0.533. The number of nitrogens with one attached hydrogen (secondary N) is 2. The quantitative estimate of drug-likeness (QED) is 0.211. The monoisotopic (exact) mass is 477 g/mol. The van der Waals surface area contributed by atoms with Gasteiger partial charge in [0.2, 0.25) is 0 Å². The highest BCUT2D eigenvalue weighted by Crippen LogP contribution is 2.21. The summed E-state index contributed by atoms with van der Waals surface area (Å²) in [7, 11) is 0. The van der Waals surface area contributed by atoms with E-state index in [9.17, 15) is 0 Å². The number of aliphatic imine (C=N–C) groups is 2. The number of anilines is 2. The normalized spacial score (nSPS) is 12.4. The van der Waals surface area contributed by atoms with Gasteiger partial charge >= 0.3 is 0 Å². The molecule has 0 heterocycles. The van der Waals surface area contributed by atoms with E-state index in [0.29, 0.717) is 12.1 Å². The molecule has 0 atom stereocenters. The van der Waals surface area contributed by atoms with Gasteiger partial charge < -0.3 is 15.5 Å². The van der Waals surface area contributed by atoms with Crippen molar-refractivity contribution in [2.45, 2.75) is 93.7 Å². The van der Waals surface area contributed by atoms with Crippen LogP contribution in [0.3, 0.4) is 0 Å². The highest BCUT2D eigenvalue weighted by atomic mass is 15.3. The van der Waals surface area contributed by atoms with E-state index >= 15 is 0 Å². The first-order chi connectivity index (χ1) is 16.6. The van der Waals surface area contributed by atoms with E-state index in [1.807, 2.05) is 6.92 Å². The van der Waals surface area contributed by atoms with Crippen LogP contribution in [0.15, 0.2) is 46.4 Å². The van der Waals surface area contributed by atoms with Crippen LogP contribution in [-0.4, -0.2) is 41.9 Å². The van der Waals surface area contributed by atoms with Gasteiger partial charge in [-0.25, -0.2) is 0 Å². The molecule has 0 saturated heterocycles. The molecule has 2 rings (SSSR count). The topological polar surface area (TPSA) is 52.0 Å². The third-order valence-electron chi connectivity index (χ3n) is 6.29. The van der Waals surface area contributed by atoms with Gasteiger partial charge in [-0.2, -0.15) is 0 Å². The second kappa shape index (κ2) is 13.9. The molecule has 2 aromatic carbocycles. The number of unbranched alkanes of at least 4 members (excludes halogenated alkanes) is 2. The van der Waals surface area contributed by atoms with Crippen LogP contribution in [0.5, 0.6) is 0 Å². The third-order valence-corrected chi connectivity index (χ3v) is 6.29. The molecule has 5 heteroatoms. The van der Waals surface area contributed by atoms with E-state index in [1.165, 1.54) is 33.6 Å². The maximum absolute atomic E-state index is 5.04. The maximum atomic E-state index is 5.04. The molecule has 0 spiro atoms. The second-order valence-electron chi connectivity index (χ2n) is 10.1. The summed E-state index contributed by atoms with van der Waals surface area (Å²) in [5, 5.41) is 7.15. The van der Waals surface area contributed by atoms with Crippen molar-refractivity contribution in [2.75, 3.05) is 23.7 Å². The summed E-state index contributed by atoms with van der Waals surface area (Å²) < 4.78 is 0. The lowest BCUT2D eigenvalue weighted by Crippen LogP contribution is -2.46. The summed E-state index contributed by atoms with van der Waals surface area (Å²) >= 11 is 0. The summed E-state index contributed by atoms with van der Waals surface area (Å²) in [4.78, 5) is 12.1. The number of rotatable bonds is 10. The molecule has 0 saturated carbocycles. The summed E-state index contributed by atoms with van der Waals surface area (Å²) in [5.74, 6) is 1.95. The van der Waals surface area contributed by atoms with Gasteiger partial charge in [-0.1, -0.05) is 36.4 Å². The number of nitrogens with zero attached hydrogens (tertiary/aromatic N) is 3. The van der Waals surface area contributed by atoms with Crippen molar-refractivity contribution in [1.82, 2.24) is 4.90 Å². The molecule has 0 unspecified atom stereocenters. The van der Waals surface area contributed by atoms with Crippen LogP contribution in [0.2, 0.25) is 0 Å². The Bertz CT molecular complexity index is 955. The molecule has 35 heavy (non-hydrogen) atoms. The Hall–Kier alpha value is -2.82. The van der Waals surface area contributed by atoms with Crippen LogP contribution < -0.4 is 10.6 Å². The highest BCUT2D eigenvalue weighted by Gasteiger charge is 2.19. The summed E-state index contributed by atoms with van der Waals surface area (Å²) in [6.45, 7) is 21.2. The zero-order valence-electron chi connectivity index (χ0n) is 23.5. The smallest absolute Gasteiger partial charge is 0.198 e. The molecular formula is C30H47N5. The predicted octanol–water partition coefficient (Wildman–Crippen LogP) is 7.51. The molecule has 2 aromatic rings. The van der Waals surface area contributed by atoms with Gasteiger partial charge in [-0.15, -0.1) is 0 Å². The van der Waals surface area contributed by atoms with E-state index in [-0.39, 0.29) is 0 Å². The second-order valence-corrected chi connectivity index (χ2v) is 10.1. The zero-order chi connectivity index (χ0) is 26.0. The third kappa shape index (κ3) is 8.72. The Morgan fingerprint density at radius 1 is 0.686 bits per heavy atom. The minimum Gasteiger partial charge on any atom is -0.344 e. The number of aryl methyl sites for hydroxylation is 4. The van der Waals surface area contributed by atoms with Crippen LogP contribution in [-0.2, 0) is 0 Å². The van der Waals surface area contributed by atoms with Crippen LogP contribution in [0.4, 0.5) is 11.4 Å². The van der Waals surface area contributed by atoms with Crippen molar-refractivity contribution < 1.29 is 0 Å². The van der Waals surface area contributed by atoms with Gasteiger partial charge in [0, 0.05) is 36.5 Å². The first kappa shape index (κ1) is 28.4.